The zero-order valence-corrected chi connectivity index (χ0v) is 11.8. The minimum atomic E-state index is -0.259. The number of halogens is 2. The van der Waals surface area contributed by atoms with Gasteiger partial charge in [-0.05, 0) is 58.8 Å². The van der Waals surface area contributed by atoms with Gasteiger partial charge in [0.05, 0.1) is 7.11 Å². The van der Waals surface area contributed by atoms with Crippen molar-refractivity contribution < 1.29 is 9.13 Å². The molecule has 0 amide bonds. The molecule has 0 saturated carbocycles. The van der Waals surface area contributed by atoms with E-state index in [9.17, 15) is 4.39 Å². The molecule has 0 spiro atoms. The maximum atomic E-state index is 13.9. The molecule has 0 atom stereocenters. The molecule has 88 valence electrons. The SMILES string of the molecule is COc1ccc(-c2ccc(I)c(C)c2)c(F)c1. The van der Waals surface area contributed by atoms with Gasteiger partial charge >= 0.3 is 0 Å². The number of rotatable bonds is 2. The van der Waals surface area contributed by atoms with E-state index in [1.807, 2.05) is 25.1 Å². The molecule has 0 fully saturated rings. The molecule has 0 aliphatic heterocycles. The summed E-state index contributed by atoms with van der Waals surface area (Å²) in [6.45, 7) is 2.02. The zero-order valence-electron chi connectivity index (χ0n) is 9.63. The Labute approximate surface area is 114 Å². The van der Waals surface area contributed by atoms with Crippen molar-refractivity contribution in [1.82, 2.24) is 0 Å². The average molecular weight is 342 g/mol. The molecule has 2 aromatic rings. The van der Waals surface area contributed by atoms with Crippen molar-refractivity contribution in [2.45, 2.75) is 6.92 Å². The molecule has 0 N–H and O–H groups in total. The van der Waals surface area contributed by atoms with Crippen molar-refractivity contribution in [2.24, 2.45) is 0 Å². The van der Waals surface area contributed by atoms with Gasteiger partial charge < -0.3 is 4.74 Å². The van der Waals surface area contributed by atoms with E-state index >= 15 is 0 Å². The Bertz CT molecular complexity index is 552. The molecule has 0 aromatic heterocycles. The number of hydrogen-bond acceptors (Lipinski definition) is 1. The van der Waals surface area contributed by atoms with Gasteiger partial charge in [-0.2, -0.15) is 0 Å². The minimum absolute atomic E-state index is 0.259. The molecule has 0 unspecified atom stereocenters. The van der Waals surface area contributed by atoms with Crippen molar-refractivity contribution >= 4 is 22.6 Å². The lowest BCUT2D eigenvalue weighted by atomic mass is 10.0. The third kappa shape index (κ3) is 2.60. The third-order valence-electron chi connectivity index (χ3n) is 2.65. The molecule has 0 bridgehead atoms. The lowest BCUT2D eigenvalue weighted by Crippen LogP contribution is -1.89. The summed E-state index contributed by atoms with van der Waals surface area (Å²) in [6.07, 6.45) is 0. The third-order valence-corrected chi connectivity index (χ3v) is 3.86. The van der Waals surface area contributed by atoms with E-state index in [1.165, 1.54) is 16.7 Å². The van der Waals surface area contributed by atoms with E-state index in [1.54, 1.807) is 12.1 Å². The summed E-state index contributed by atoms with van der Waals surface area (Å²) in [4.78, 5) is 0. The van der Waals surface area contributed by atoms with Gasteiger partial charge in [0.2, 0.25) is 0 Å². The van der Waals surface area contributed by atoms with Gasteiger partial charge in [0, 0.05) is 15.2 Å². The first-order chi connectivity index (χ1) is 8.11. The maximum Gasteiger partial charge on any atom is 0.134 e. The molecule has 0 aliphatic carbocycles. The summed E-state index contributed by atoms with van der Waals surface area (Å²) >= 11 is 2.27. The van der Waals surface area contributed by atoms with Crippen LogP contribution in [-0.2, 0) is 0 Å². The second-order valence-electron chi connectivity index (χ2n) is 3.81. The molecule has 0 heterocycles. The lowest BCUT2D eigenvalue weighted by molar-refractivity contribution is 0.411. The largest absolute Gasteiger partial charge is 0.497 e. The minimum Gasteiger partial charge on any atom is -0.497 e. The van der Waals surface area contributed by atoms with Crippen molar-refractivity contribution in [2.75, 3.05) is 7.11 Å². The molecule has 17 heavy (non-hydrogen) atoms. The van der Waals surface area contributed by atoms with E-state index in [0.29, 0.717) is 11.3 Å². The second-order valence-corrected chi connectivity index (χ2v) is 4.97. The number of benzene rings is 2. The Morgan fingerprint density at radius 1 is 1.12 bits per heavy atom. The first kappa shape index (κ1) is 12.4. The van der Waals surface area contributed by atoms with E-state index in [-0.39, 0.29) is 5.82 Å². The van der Waals surface area contributed by atoms with Crippen LogP contribution < -0.4 is 4.74 Å². The Hall–Kier alpha value is -1.10. The van der Waals surface area contributed by atoms with E-state index < -0.39 is 0 Å². The number of hydrogen-bond donors (Lipinski definition) is 0. The number of ether oxygens (including phenoxy) is 1. The Kier molecular flexibility index (Phi) is 3.66. The molecule has 2 aromatic carbocycles. The highest BCUT2D eigenvalue weighted by molar-refractivity contribution is 14.1. The topological polar surface area (TPSA) is 9.23 Å². The van der Waals surface area contributed by atoms with Crippen LogP contribution in [0.5, 0.6) is 5.75 Å². The van der Waals surface area contributed by atoms with Crippen LogP contribution in [0.3, 0.4) is 0 Å². The molecule has 0 saturated heterocycles. The number of methoxy groups -OCH3 is 1. The highest BCUT2D eigenvalue weighted by atomic mass is 127. The second kappa shape index (κ2) is 5.04. The summed E-state index contributed by atoms with van der Waals surface area (Å²) in [5.41, 5.74) is 2.65. The molecular formula is C14H12FIO. The van der Waals surface area contributed by atoms with E-state index in [2.05, 4.69) is 22.6 Å². The Morgan fingerprint density at radius 2 is 1.88 bits per heavy atom. The van der Waals surface area contributed by atoms with Crippen molar-refractivity contribution in [3.8, 4) is 16.9 Å². The Balaban J connectivity index is 2.49. The first-order valence-electron chi connectivity index (χ1n) is 5.22. The fourth-order valence-corrected chi connectivity index (χ4v) is 2.00. The lowest BCUT2D eigenvalue weighted by Gasteiger charge is -2.07. The predicted octanol–water partition coefficient (Wildman–Crippen LogP) is 4.41. The highest BCUT2D eigenvalue weighted by Crippen LogP contribution is 2.28. The van der Waals surface area contributed by atoms with Gasteiger partial charge in [0.1, 0.15) is 11.6 Å². The van der Waals surface area contributed by atoms with Crippen LogP contribution in [0.15, 0.2) is 36.4 Å². The van der Waals surface area contributed by atoms with Gasteiger partial charge in [-0.25, -0.2) is 4.39 Å². The first-order valence-corrected chi connectivity index (χ1v) is 6.30. The van der Waals surface area contributed by atoms with Crippen LogP contribution in [0.4, 0.5) is 4.39 Å². The maximum absolute atomic E-state index is 13.9. The molecule has 2 rings (SSSR count). The van der Waals surface area contributed by atoms with E-state index in [4.69, 9.17) is 4.74 Å². The fourth-order valence-electron chi connectivity index (χ4n) is 1.67. The van der Waals surface area contributed by atoms with Crippen LogP contribution in [-0.4, -0.2) is 7.11 Å². The van der Waals surface area contributed by atoms with Gasteiger partial charge in [0.25, 0.3) is 0 Å². The van der Waals surface area contributed by atoms with Crippen LogP contribution in [0.2, 0.25) is 0 Å². The quantitative estimate of drug-likeness (QED) is 0.735. The molecule has 1 nitrogen and oxygen atoms in total. The fraction of sp³-hybridized carbons (Fsp3) is 0.143. The van der Waals surface area contributed by atoms with Crippen molar-refractivity contribution in [3.05, 3.63) is 51.3 Å². The van der Waals surface area contributed by atoms with Crippen LogP contribution in [0.25, 0.3) is 11.1 Å². The summed E-state index contributed by atoms with van der Waals surface area (Å²) in [5, 5.41) is 0. The molecule has 3 heteroatoms. The molecule has 0 radical (unpaired) electrons. The molecule has 0 aliphatic rings. The highest BCUT2D eigenvalue weighted by Gasteiger charge is 2.07. The molecular weight excluding hydrogens is 330 g/mol. The smallest absolute Gasteiger partial charge is 0.134 e. The average Bonchev–Trinajstić information content (AvgIpc) is 2.32. The number of aryl methyl sites for hydroxylation is 1. The van der Waals surface area contributed by atoms with Crippen LogP contribution >= 0.6 is 22.6 Å². The summed E-state index contributed by atoms with van der Waals surface area (Å²) < 4.78 is 20.0. The zero-order chi connectivity index (χ0) is 12.4. The van der Waals surface area contributed by atoms with Crippen molar-refractivity contribution in [3.63, 3.8) is 0 Å². The summed E-state index contributed by atoms with van der Waals surface area (Å²) in [6, 6.07) is 10.8. The normalized spacial score (nSPS) is 10.4. The monoisotopic (exact) mass is 342 g/mol. The van der Waals surface area contributed by atoms with Gasteiger partial charge in [0.15, 0.2) is 0 Å². The van der Waals surface area contributed by atoms with Gasteiger partial charge in [-0.15, -0.1) is 0 Å². The van der Waals surface area contributed by atoms with Gasteiger partial charge in [-0.1, -0.05) is 12.1 Å². The van der Waals surface area contributed by atoms with Gasteiger partial charge in [-0.3, -0.25) is 0 Å². The standard InChI is InChI=1S/C14H12FIO/c1-9-7-10(3-6-14(9)16)12-5-4-11(17-2)8-13(12)15/h3-8H,1-2H3. The Morgan fingerprint density at radius 3 is 2.47 bits per heavy atom. The summed E-state index contributed by atoms with van der Waals surface area (Å²) in [7, 11) is 1.53. The van der Waals surface area contributed by atoms with Crippen LogP contribution in [0, 0.1) is 16.3 Å². The van der Waals surface area contributed by atoms with Crippen LogP contribution in [0.1, 0.15) is 5.56 Å². The predicted molar refractivity (Wildman–Crippen MR) is 75.8 cm³/mol. The van der Waals surface area contributed by atoms with Crippen molar-refractivity contribution in [1.29, 1.82) is 0 Å². The summed E-state index contributed by atoms with van der Waals surface area (Å²) in [5.74, 6) is 0.276. The van der Waals surface area contributed by atoms with E-state index in [0.717, 1.165) is 11.1 Å².